The number of hydrogen-bond donors (Lipinski definition) is 0. The van der Waals surface area contributed by atoms with Gasteiger partial charge in [-0.25, -0.2) is 4.79 Å². The topological polar surface area (TPSA) is 44.8 Å². The minimum Gasteiger partial charge on any atom is -0.466 e. The average molecular weight is 282 g/mol. The highest BCUT2D eigenvalue weighted by molar-refractivity contribution is 5.87. The fourth-order valence-corrected chi connectivity index (χ4v) is 2.26. The maximum absolute atomic E-state index is 12.2. The Hall–Kier alpha value is -2.59. The van der Waals surface area contributed by atoms with Crippen molar-refractivity contribution in [3.8, 4) is 0 Å². The summed E-state index contributed by atoms with van der Waals surface area (Å²) in [6.45, 7) is 0. The number of carbonyl (C=O) groups is 1. The van der Waals surface area contributed by atoms with Crippen LogP contribution < -0.4 is 0 Å². The molecule has 1 aliphatic rings. The number of ether oxygens (including phenoxy) is 1. The van der Waals surface area contributed by atoms with Crippen molar-refractivity contribution in [2.45, 2.75) is 5.60 Å². The van der Waals surface area contributed by atoms with Gasteiger partial charge in [0.2, 0.25) is 0 Å². The van der Waals surface area contributed by atoms with Gasteiger partial charge >= 0.3 is 5.97 Å². The fraction of sp³-hybridized carbons (Fsp3) is 0.118. The van der Waals surface area contributed by atoms with E-state index in [0.29, 0.717) is 11.3 Å². The van der Waals surface area contributed by atoms with Gasteiger partial charge in [-0.1, -0.05) is 60.7 Å². The van der Waals surface area contributed by atoms with E-state index in [1.54, 1.807) is 18.2 Å². The molecule has 0 spiro atoms. The van der Waals surface area contributed by atoms with E-state index in [0.717, 1.165) is 5.56 Å². The second-order valence-corrected chi connectivity index (χ2v) is 4.63. The smallest absolute Gasteiger partial charge is 0.351 e. The monoisotopic (exact) mass is 282 g/mol. The van der Waals surface area contributed by atoms with Crippen LogP contribution in [0.15, 0.2) is 66.7 Å². The predicted molar refractivity (Wildman–Crippen MR) is 76.7 cm³/mol. The molecule has 1 atom stereocenters. The molecule has 0 radical (unpaired) electrons. The quantitative estimate of drug-likeness (QED) is 0.641. The van der Waals surface area contributed by atoms with Gasteiger partial charge in [-0.15, -0.1) is 0 Å². The number of hydrogen-bond acceptors (Lipinski definition) is 4. The lowest BCUT2D eigenvalue weighted by molar-refractivity contribution is -0.284. The third-order valence-corrected chi connectivity index (χ3v) is 3.35. The summed E-state index contributed by atoms with van der Waals surface area (Å²) in [6.07, 6.45) is 1.64. The molecule has 0 saturated heterocycles. The lowest BCUT2D eigenvalue weighted by Gasteiger charge is -2.20. The van der Waals surface area contributed by atoms with Crippen LogP contribution in [0.2, 0.25) is 0 Å². The van der Waals surface area contributed by atoms with E-state index in [1.165, 1.54) is 7.11 Å². The Kier molecular flexibility index (Phi) is 3.46. The van der Waals surface area contributed by atoms with Crippen molar-refractivity contribution in [2.75, 3.05) is 7.11 Å². The van der Waals surface area contributed by atoms with Crippen molar-refractivity contribution >= 4 is 11.7 Å². The molecule has 0 unspecified atom stereocenters. The maximum Gasteiger partial charge on any atom is 0.351 e. The molecule has 2 aromatic rings. The van der Waals surface area contributed by atoms with Gasteiger partial charge in [0.15, 0.2) is 5.76 Å². The number of benzene rings is 2. The van der Waals surface area contributed by atoms with Crippen LogP contribution in [0.5, 0.6) is 0 Å². The van der Waals surface area contributed by atoms with E-state index in [-0.39, 0.29) is 0 Å². The molecule has 0 fully saturated rings. The van der Waals surface area contributed by atoms with Gasteiger partial charge in [0.1, 0.15) is 0 Å². The SMILES string of the molecule is COC(=O)[C@]1(c2ccccc2)C=C(c2ccccc2)OO1. The summed E-state index contributed by atoms with van der Waals surface area (Å²) in [7, 11) is 1.32. The van der Waals surface area contributed by atoms with E-state index < -0.39 is 11.6 Å². The number of esters is 1. The van der Waals surface area contributed by atoms with Crippen molar-refractivity contribution in [3.05, 3.63) is 77.9 Å². The molecular weight excluding hydrogens is 268 g/mol. The molecule has 1 aliphatic heterocycles. The molecule has 4 heteroatoms. The molecule has 0 bridgehead atoms. The summed E-state index contributed by atoms with van der Waals surface area (Å²) in [4.78, 5) is 22.9. The lowest BCUT2D eigenvalue weighted by atomic mass is 9.92. The van der Waals surface area contributed by atoms with Crippen molar-refractivity contribution < 1.29 is 19.3 Å². The van der Waals surface area contributed by atoms with Crippen LogP contribution >= 0.6 is 0 Å². The first-order valence-electron chi connectivity index (χ1n) is 6.54. The van der Waals surface area contributed by atoms with E-state index in [9.17, 15) is 4.79 Å². The van der Waals surface area contributed by atoms with Crippen molar-refractivity contribution in [1.82, 2.24) is 0 Å². The molecule has 4 nitrogen and oxygen atoms in total. The van der Waals surface area contributed by atoms with Crippen LogP contribution in [0.1, 0.15) is 11.1 Å². The van der Waals surface area contributed by atoms with Gasteiger partial charge in [0.05, 0.1) is 7.11 Å². The summed E-state index contributed by atoms with van der Waals surface area (Å²) in [5, 5.41) is 0. The van der Waals surface area contributed by atoms with Crippen LogP contribution in [-0.2, 0) is 24.9 Å². The molecule has 0 saturated carbocycles. The van der Waals surface area contributed by atoms with Crippen molar-refractivity contribution in [3.63, 3.8) is 0 Å². The van der Waals surface area contributed by atoms with Crippen molar-refractivity contribution in [2.24, 2.45) is 0 Å². The Labute approximate surface area is 122 Å². The van der Waals surface area contributed by atoms with Gasteiger partial charge in [-0.2, -0.15) is 4.89 Å². The molecule has 106 valence electrons. The third kappa shape index (κ3) is 2.30. The summed E-state index contributed by atoms with van der Waals surface area (Å²) in [5.74, 6) is -0.0375. The molecule has 0 aromatic heterocycles. The first-order chi connectivity index (χ1) is 10.3. The Morgan fingerprint density at radius 2 is 1.62 bits per heavy atom. The Morgan fingerprint density at radius 1 is 1.00 bits per heavy atom. The zero-order valence-electron chi connectivity index (χ0n) is 11.5. The Bertz CT molecular complexity index is 664. The summed E-state index contributed by atoms with van der Waals surface area (Å²) in [6, 6.07) is 18.6. The highest BCUT2D eigenvalue weighted by Crippen LogP contribution is 2.39. The molecule has 21 heavy (non-hydrogen) atoms. The molecule has 2 aromatic carbocycles. The van der Waals surface area contributed by atoms with Crippen LogP contribution in [0.25, 0.3) is 5.76 Å². The van der Waals surface area contributed by atoms with Crippen LogP contribution in [0, 0.1) is 0 Å². The summed E-state index contributed by atoms with van der Waals surface area (Å²) < 4.78 is 4.89. The molecule has 3 rings (SSSR count). The second kappa shape index (κ2) is 5.42. The minimum atomic E-state index is -1.37. The van der Waals surface area contributed by atoms with E-state index in [1.807, 2.05) is 48.5 Å². The normalized spacial score (nSPS) is 20.5. The number of methoxy groups -OCH3 is 1. The van der Waals surface area contributed by atoms with E-state index in [2.05, 4.69) is 0 Å². The van der Waals surface area contributed by atoms with E-state index in [4.69, 9.17) is 14.5 Å². The Balaban J connectivity index is 2.08. The van der Waals surface area contributed by atoms with Gasteiger partial charge in [0.25, 0.3) is 5.60 Å². The number of rotatable bonds is 3. The zero-order valence-corrected chi connectivity index (χ0v) is 11.5. The third-order valence-electron chi connectivity index (χ3n) is 3.35. The molecular formula is C17H14O4. The van der Waals surface area contributed by atoms with Gasteiger partial charge in [-0.05, 0) is 0 Å². The molecule has 0 aliphatic carbocycles. The fourth-order valence-electron chi connectivity index (χ4n) is 2.26. The van der Waals surface area contributed by atoms with E-state index >= 15 is 0 Å². The lowest BCUT2D eigenvalue weighted by Crippen LogP contribution is -2.35. The standard InChI is InChI=1S/C17H14O4/c1-19-16(18)17(14-10-6-3-7-11-14)12-15(20-21-17)13-8-4-2-5-9-13/h2-12H,1H3/t17-/m1/s1. The maximum atomic E-state index is 12.2. The van der Waals surface area contributed by atoms with Crippen LogP contribution in [0.3, 0.4) is 0 Å². The largest absolute Gasteiger partial charge is 0.466 e. The summed E-state index contributed by atoms with van der Waals surface area (Å²) >= 11 is 0. The minimum absolute atomic E-state index is 0.491. The highest BCUT2D eigenvalue weighted by atomic mass is 17.2. The average Bonchev–Trinajstić information content (AvgIpc) is 3.02. The molecule has 0 N–H and O–H groups in total. The second-order valence-electron chi connectivity index (χ2n) is 4.63. The summed E-state index contributed by atoms with van der Waals surface area (Å²) in [5.41, 5.74) is 0.114. The van der Waals surface area contributed by atoms with Crippen LogP contribution in [0.4, 0.5) is 0 Å². The Morgan fingerprint density at radius 3 is 2.24 bits per heavy atom. The van der Waals surface area contributed by atoms with Gasteiger partial charge < -0.3 is 9.62 Å². The first kappa shape index (κ1) is 13.4. The molecule has 1 heterocycles. The molecule has 0 amide bonds. The first-order valence-corrected chi connectivity index (χ1v) is 6.54. The van der Waals surface area contributed by atoms with Crippen molar-refractivity contribution in [1.29, 1.82) is 0 Å². The predicted octanol–water partition coefficient (Wildman–Crippen LogP) is 3.06. The van der Waals surface area contributed by atoms with Gasteiger partial charge in [-0.3, -0.25) is 0 Å². The highest BCUT2D eigenvalue weighted by Gasteiger charge is 2.48. The number of carbonyl (C=O) groups excluding carboxylic acids is 1. The zero-order chi connectivity index (χ0) is 14.7. The van der Waals surface area contributed by atoms with Gasteiger partial charge in [0, 0.05) is 17.2 Å². The van der Waals surface area contributed by atoms with Crippen LogP contribution in [-0.4, -0.2) is 13.1 Å².